The van der Waals surface area contributed by atoms with Gasteiger partial charge in [-0.25, -0.2) is 0 Å². The van der Waals surface area contributed by atoms with Gasteiger partial charge in [0.2, 0.25) is 5.91 Å². The first kappa shape index (κ1) is 18.2. The van der Waals surface area contributed by atoms with Gasteiger partial charge in [-0.3, -0.25) is 4.79 Å². The molecule has 1 amide bonds. The smallest absolute Gasteiger partial charge is 0.225 e. The lowest BCUT2D eigenvalue weighted by molar-refractivity contribution is -0.135. The van der Waals surface area contributed by atoms with Crippen LogP contribution in [0.4, 0.5) is 0 Å². The molecule has 0 aliphatic carbocycles. The van der Waals surface area contributed by atoms with E-state index >= 15 is 0 Å². The Morgan fingerprint density at radius 2 is 1.92 bits per heavy atom. The minimum absolute atomic E-state index is 0.0732. The van der Waals surface area contributed by atoms with Crippen molar-refractivity contribution >= 4 is 5.91 Å². The first-order valence-electron chi connectivity index (χ1n) is 9.89. The first-order chi connectivity index (χ1) is 12.1. The lowest BCUT2D eigenvalue weighted by Crippen LogP contribution is -2.38. The van der Waals surface area contributed by atoms with E-state index < -0.39 is 0 Å². The number of nitrogens with zero attached hydrogens (tertiary/aromatic N) is 2. The van der Waals surface area contributed by atoms with E-state index in [0.29, 0.717) is 0 Å². The molecule has 1 saturated heterocycles. The van der Waals surface area contributed by atoms with Crippen molar-refractivity contribution in [3.8, 4) is 5.75 Å². The summed E-state index contributed by atoms with van der Waals surface area (Å²) in [4.78, 5) is 16.7. The van der Waals surface area contributed by atoms with Crippen LogP contribution in [0.25, 0.3) is 0 Å². The van der Waals surface area contributed by atoms with E-state index in [9.17, 15) is 4.79 Å². The molecule has 1 aromatic carbocycles. The second-order valence-electron chi connectivity index (χ2n) is 7.70. The highest BCUT2D eigenvalue weighted by Crippen LogP contribution is 2.25. The summed E-state index contributed by atoms with van der Waals surface area (Å²) in [5.41, 5.74) is 2.60. The van der Waals surface area contributed by atoms with Gasteiger partial charge in [-0.15, -0.1) is 0 Å². The van der Waals surface area contributed by atoms with Crippen LogP contribution in [0.1, 0.15) is 50.7 Å². The number of hydrogen-bond donors (Lipinski definition) is 0. The second-order valence-corrected chi connectivity index (χ2v) is 7.70. The van der Waals surface area contributed by atoms with Crippen molar-refractivity contribution in [2.24, 2.45) is 5.92 Å². The molecule has 2 heterocycles. The summed E-state index contributed by atoms with van der Waals surface area (Å²) in [6.07, 6.45) is 6.11. The molecule has 2 aliphatic rings. The third-order valence-corrected chi connectivity index (χ3v) is 5.33. The molecule has 1 aromatic rings. The number of likely N-dealkylation sites (tertiary alicyclic amines) is 1. The third-order valence-electron chi connectivity index (χ3n) is 5.33. The van der Waals surface area contributed by atoms with E-state index in [1.807, 2.05) is 18.7 Å². The molecule has 4 nitrogen and oxygen atoms in total. The van der Waals surface area contributed by atoms with E-state index in [1.54, 1.807) is 0 Å². The maximum absolute atomic E-state index is 12.2. The van der Waals surface area contributed by atoms with Crippen LogP contribution in [0.3, 0.4) is 0 Å². The van der Waals surface area contributed by atoms with Gasteiger partial charge in [0.1, 0.15) is 5.75 Å². The first-order valence-corrected chi connectivity index (χ1v) is 9.89. The molecule has 0 bridgehead atoms. The van der Waals surface area contributed by atoms with Crippen LogP contribution >= 0.6 is 0 Å². The predicted molar refractivity (Wildman–Crippen MR) is 101 cm³/mol. The van der Waals surface area contributed by atoms with Crippen molar-refractivity contribution < 1.29 is 9.53 Å². The van der Waals surface area contributed by atoms with Crippen molar-refractivity contribution in [2.75, 3.05) is 32.8 Å². The second kappa shape index (κ2) is 8.70. The van der Waals surface area contributed by atoms with Crippen molar-refractivity contribution in [3.05, 3.63) is 29.3 Å². The lowest BCUT2D eigenvalue weighted by Gasteiger charge is -2.30. The summed E-state index contributed by atoms with van der Waals surface area (Å²) in [5, 5.41) is 0. The summed E-state index contributed by atoms with van der Waals surface area (Å²) in [6.45, 7) is 9.95. The monoisotopic (exact) mass is 344 g/mol. The SMILES string of the molecule is CC(C)C(=O)N1CCc2cc(OCCCN3CCCCC3)ccc2C1. The normalized spacial score (nSPS) is 18.3. The van der Waals surface area contributed by atoms with Gasteiger partial charge in [-0.2, -0.15) is 0 Å². The zero-order valence-electron chi connectivity index (χ0n) is 15.8. The molecule has 0 spiro atoms. The number of ether oxygens (including phenoxy) is 1. The molecule has 0 radical (unpaired) electrons. The fourth-order valence-electron chi connectivity index (χ4n) is 3.83. The highest BCUT2D eigenvalue weighted by atomic mass is 16.5. The molecule has 0 saturated carbocycles. The highest BCUT2D eigenvalue weighted by Gasteiger charge is 2.22. The molecule has 0 atom stereocenters. The van der Waals surface area contributed by atoms with Crippen LogP contribution in [-0.4, -0.2) is 48.5 Å². The zero-order chi connectivity index (χ0) is 17.6. The quantitative estimate of drug-likeness (QED) is 0.741. The van der Waals surface area contributed by atoms with Gasteiger partial charge in [-0.05, 0) is 62.0 Å². The Morgan fingerprint density at radius 3 is 2.68 bits per heavy atom. The standard InChI is InChI=1S/C21H32N2O2/c1-17(2)21(24)23-13-9-18-15-20(8-7-19(18)16-23)25-14-6-12-22-10-4-3-5-11-22/h7-8,15,17H,3-6,9-14,16H2,1-2H3. The summed E-state index contributed by atoms with van der Waals surface area (Å²) >= 11 is 0. The van der Waals surface area contributed by atoms with Crippen LogP contribution in [0.2, 0.25) is 0 Å². The molecule has 0 N–H and O–H groups in total. The average Bonchev–Trinajstić information content (AvgIpc) is 2.65. The van der Waals surface area contributed by atoms with Crippen molar-refractivity contribution in [2.45, 2.75) is 52.5 Å². The Balaban J connectivity index is 1.46. The number of carbonyl (C=O) groups excluding carboxylic acids is 1. The number of amides is 1. The van der Waals surface area contributed by atoms with Gasteiger partial charge in [-0.1, -0.05) is 26.3 Å². The molecular formula is C21H32N2O2. The molecule has 0 unspecified atom stereocenters. The fraction of sp³-hybridized carbons (Fsp3) is 0.667. The Bertz CT molecular complexity index is 579. The molecule has 138 valence electrons. The van der Waals surface area contributed by atoms with Gasteiger partial charge in [0.25, 0.3) is 0 Å². The molecule has 25 heavy (non-hydrogen) atoms. The summed E-state index contributed by atoms with van der Waals surface area (Å²) in [7, 11) is 0. The Kier molecular flexibility index (Phi) is 6.35. The summed E-state index contributed by atoms with van der Waals surface area (Å²) in [6, 6.07) is 6.37. The van der Waals surface area contributed by atoms with Gasteiger partial charge in [0, 0.05) is 25.6 Å². The van der Waals surface area contributed by atoms with Gasteiger partial charge < -0.3 is 14.5 Å². The van der Waals surface area contributed by atoms with Crippen LogP contribution in [0.15, 0.2) is 18.2 Å². The maximum atomic E-state index is 12.2. The largest absolute Gasteiger partial charge is 0.494 e. The Hall–Kier alpha value is -1.55. The number of fused-ring (bicyclic) bond motifs is 1. The van der Waals surface area contributed by atoms with Gasteiger partial charge in [0.15, 0.2) is 0 Å². The number of carbonyl (C=O) groups is 1. The van der Waals surface area contributed by atoms with E-state index in [2.05, 4.69) is 23.1 Å². The summed E-state index contributed by atoms with van der Waals surface area (Å²) in [5.74, 6) is 1.30. The van der Waals surface area contributed by atoms with Crippen LogP contribution in [0.5, 0.6) is 5.75 Å². The number of hydrogen-bond acceptors (Lipinski definition) is 3. The van der Waals surface area contributed by atoms with Gasteiger partial charge in [0.05, 0.1) is 6.61 Å². The van der Waals surface area contributed by atoms with E-state index in [4.69, 9.17) is 4.74 Å². The minimum atomic E-state index is 0.0732. The molecule has 0 aromatic heterocycles. The molecule has 3 rings (SSSR count). The van der Waals surface area contributed by atoms with Crippen LogP contribution in [-0.2, 0) is 17.8 Å². The van der Waals surface area contributed by atoms with Crippen LogP contribution < -0.4 is 4.74 Å². The molecule has 1 fully saturated rings. The van der Waals surface area contributed by atoms with Gasteiger partial charge >= 0.3 is 0 Å². The zero-order valence-corrected chi connectivity index (χ0v) is 15.8. The number of benzene rings is 1. The van der Waals surface area contributed by atoms with Crippen molar-refractivity contribution in [1.29, 1.82) is 0 Å². The lowest BCUT2D eigenvalue weighted by atomic mass is 9.98. The van der Waals surface area contributed by atoms with Crippen LogP contribution in [0, 0.1) is 5.92 Å². The van der Waals surface area contributed by atoms with E-state index in [1.165, 1.54) is 43.5 Å². The fourth-order valence-corrected chi connectivity index (χ4v) is 3.83. The Labute approximate surface area is 152 Å². The van der Waals surface area contributed by atoms with Crippen molar-refractivity contribution in [3.63, 3.8) is 0 Å². The molecule has 4 heteroatoms. The Morgan fingerprint density at radius 1 is 1.12 bits per heavy atom. The highest BCUT2D eigenvalue weighted by molar-refractivity contribution is 5.78. The summed E-state index contributed by atoms with van der Waals surface area (Å²) < 4.78 is 5.97. The predicted octanol–water partition coefficient (Wildman–Crippen LogP) is 3.48. The third kappa shape index (κ3) is 4.97. The average molecular weight is 344 g/mol. The molecular weight excluding hydrogens is 312 g/mol. The minimum Gasteiger partial charge on any atom is -0.494 e. The molecule has 2 aliphatic heterocycles. The number of rotatable bonds is 6. The topological polar surface area (TPSA) is 32.8 Å². The number of piperidine rings is 1. The van der Waals surface area contributed by atoms with Crippen molar-refractivity contribution in [1.82, 2.24) is 9.80 Å². The van der Waals surface area contributed by atoms with E-state index in [0.717, 1.165) is 44.8 Å². The maximum Gasteiger partial charge on any atom is 0.225 e. The van der Waals surface area contributed by atoms with E-state index in [-0.39, 0.29) is 11.8 Å².